The summed E-state index contributed by atoms with van der Waals surface area (Å²) < 4.78 is 19.8. The van der Waals surface area contributed by atoms with E-state index in [1.165, 1.54) is 42.0 Å². The quantitative estimate of drug-likeness (QED) is 0.0311. The second-order valence-electron chi connectivity index (χ2n) is 24.9. The summed E-state index contributed by atoms with van der Waals surface area (Å²) in [4.78, 5) is 72.8. The van der Waals surface area contributed by atoms with Gasteiger partial charge in [0.15, 0.2) is 11.6 Å². The molecule has 1 aliphatic heterocycles. The average molecular weight is 1760 g/mol. The van der Waals surface area contributed by atoms with E-state index in [-0.39, 0.29) is 65.3 Å². The maximum atomic E-state index is 13.0. The fourth-order valence-electron chi connectivity index (χ4n) is 12.6. The number of rotatable bonds is 18. The Morgan fingerprint density at radius 1 is 0.486 bits per heavy atom. The van der Waals surface area contributed by atoms with Gasteiger partial charge < -0.3 is 59.1 Å². The van der Waals surface area contributed by atoms with Crippen LogP contribution in [0.5, 0.6) is 28.7 Å². The van der Waals surface area contributed by atoms with Crippen molar-refractivity contribution in [2.24, 2.45) is 21.1 Å². The predicted octanol–water partition coefficient (Wildman–Crippen LogP) is 18.5. The number of carboxylic acids is 3. The number of phenols is 3. The molecule has 4 heterocycles. The molecule has 0 radical (unpaired) electrons. The molecule has 18 nitrogen and oxygen atoms in total. The molecule has 13 aromatic rings. The monoisotopic (exact) mass is 1760 g/mol. The van der Waals surface area contributed by atoms with Crippen molar-refractivity contribution >= 4 is 147 Å². The molecular formula is C83H68ClI3N4O14. The summed E-state index contributed by atoms with van der Waals surface area (Å²) >= 11 is 12.6. The van der Waals surface area contributed by atoms with Crippen molar-refractivity contribution in [3.05, 3.63) is 283 Å². The van der Waals surface area contributed by atoms with Gasteiger partial charge in [0.2, 0.25) is 0 Å². The van der Waals surface area contributed by atoms with Crippen LogP contribution in [0.3, 0.4) is 0 Å². The number of nitrogens with zero attached hydrogens (tertiary/aromatic N) is 3. The van der Waals surface area contributed by atoms with Crippen LogP contribution < -0.4 is 14.8 Å². The van der Waals surface area contributed by atoms with Crippen LogP contribution in [0.25, 0.3) is 66.5 Å². The maximum Gasteiger partial charge on any atom is 0.339 e. The molecule has 0 atom stereocenters. The molecule has 0 bridgehead atoms. The molecule has 7 N–H and O–H groups in total. The Morgan fingerprint density at radius 3 is 1.34 bits per heavy atom. The number of hydrogen-bond donors (Lipinski definition) is 7. The van der Waals surface area contributed by atoms with Crippen LogP contribution in [0.1, 0.15) is 103 Å². The van der Waals surface area contributed by atoms with Gasteiger partial charge in [-0.1, -0.05) is 146 Å². The van der Waals surface area contributed by atoms with Gasteiger partial charge in [0.25, 0.3) is 5.91 Å². The van der Waals surface area contributed by atoms with E-state index in [4.69, 9.17) is 21.1 Å². The van der Waals surface area contributed by atoms with Gasteiger partial charge in [-0.15, -0.1) is 0 Å². The van der Waals surface area contributed by atoms with Gasteiger partial charge in [0.05, 0.1) is 40.2 Å². The molecule has 0 aliphatic carbocycles. The number of aromatic nitrogens is 3. The number of Topliss-reactive ketones (excluding diaryl/α,β-unsaturated/α-hetero) is 2. The van der Waals surface area contributed by atoms with Crippen molar-refractivity contribution in [2.75, 3.05) is 6.61 Å². The van der Waals surface area contributed by atoms with E-state index in [1.54, 1.807) is 42.5 Å². The van der Waals surface area contributed by atoms with Crippen molar-refractivity contribution in [1.29, 1.82) is 0 Å². The number of nitrogens with one attached hydrogen (secondary N) is 1. The van der Waals surface area contributed by atoms with E-state index in [9.17, 15) is 59.4 Å². The van der Waals surface area contributed by atoms with Gasteiger partial charge in [-0.2, -0.15) is 0 Å². The Bertz CT molecular complexity index is 5590. The molecule has 1 aliphatic rings. The number of amides is 1. The van der Waals surface area contributed by atoms with E-state index in [2.05, 4.69) is 73.1 Å². The minimum Gasteiger partial charge on any atom is -0.507 e. The van der Waals surface area contributed by atoms with Crippen LogP contribution in [0.15, 0.2) is 200 Å². The molecule has 14 rings (SSSR count). The number of halogens is 4. The van der Waals surface area contributed by atoms with Gasteiger partial charge in [0, 0.05) is 114 Å². The first-order chi connectivity index (χ1) is 49.8. The van der Waals surface area contributed by atoms with Crippen molar-refractivity contribution < 1.29 is 68.9 Å². The van der Waals surface area contributed by atoms with Gasteiger partial charge in [-0.25, -0.2) is 14.4 Å². The number of ether oxygens (including phenoxy) is 2. The number of aryl methyl sites for hydroxylation is 4. The number of aromatic carboxylic acids is 3. The van der Waals surface area contributed by atoms with Crippen molar-refractivity contribution in [2.45, 2.75) is 46.8 Å². The largest absolute Gasteiger partial charge is 0.507 e. The molecule has 0 fully saturated rings. The Hall–Kier alpha value is -10.5. The minimum atomic E-state index is -1.18. The van der Waals surface area contributed by atoms with E-state index in [0.29, 0.717) is 47.9 Å². The Kier molecular flexibility index (Phi) is 23.3. The van der Waals surface area contributed by atoms with E-state index in [0.717, 1.165) is 123 Å². The molecule has 1 amide bonds. The molecule has 0 unspecified atom stereocenters. The van der Waals surface area contributed by atoms with Crippen LogP contribution >= 0.6 is 79.4 Å². The van der Waals surface area contributed by atoms with Crippen LogP contribution in [0.4, 0.5) is 0 Å². The number of benzene rings is 10. The normalized spacial score (nSPS) is 11.4. The smallest absolute Gasteiger partial charge is 0.339 e. The predicted molar refractivity (Wildman–Crippen MR) is 432 cm³/mol. The third-order valence-electron chi connectivity index (χ3n) is 18.1. The number of carbonyl (C=O) groups is 6. The Labute approximate surface area is 649 Å². The highest BCUT2D eigenvalue weighted by molar-refractivity contribution is 14.1. The highest BCUT2D eigenvalue weighted by atomic mass is 127. The molecule has 0 saturated heterocycles. The summed E-state index contributed by atoms with van der Waals surface area (Å²) in [5.41, 5.74) is 14.8. The average Bonchev–Trinajstić information content (AvgIpc) is 1.62. The molecule has 0 spiro atoms. The minimum absolute atomic E-state index is 0. The standard InChI is InChI=1S/C31H24INO5.C26H21IN2O5.C25H19ClINO4.CH4/c1-33-26-17-28(35)25(31(36)37)16-24(26)29(32)30(33)22-12-10-21(11-13-22)27(34)15-20-8-5-9-23(14-20)38-18-19-6-3-2-4-7-19;1-29-20-12-21(30)19(26(32)33)11-18(20)23(27)24(29)16-4-6-17(7-5-16)25(31)28-13-14-2-3-15-8-9-34-22(15)10-14;1-13-9-14(3-8-19(13)26)10-21(29)15-4-6-16(7-5-15)24-23(27)17-11-18(25(31)32)22(30)12-20(17)28(24)2;/h2-14,16-17,35H,15,18H2,1H3,(H,36,37);2-7,10-12,30H,8-9,13H2,1H3,(H,28,31)(H,32,33);3-9,11-12,30H,10H2,1-2H3,(H,31,32);1H4. The lowest BCUT2D eigenvalue weighted by atomic mass is 10.00. The third kappa shape index (κ3) is 16.3. The lowest BCUT2D eigenvalue weighted by Gasteiger charge is -2.09. The van der Waals surface area contributed by atoms with Crippen LogP contribution in [0.2, 0.25) is 5.02 Å². The van der Waals surface area contributed by atoms with E-state index < -0.39 is 17.9 Å². The fourth-order valence-corrected chi connectivity index (χ4v) is 16.1. The van der Waals surface area contributed by atoms with E-state index >= 15 is 0 Å². The van der Waals surface area contributed by atoms with Gasteiger partial charge >= 0.3 is 17.9 Å². The molecule has 0 saturated carbocycles. The number of aromatic hydroxyl groups is 3. The Balaban J connectivity index is 0.000000157. The number of carboxylic acid groups (broad SMARTS) is 3. The zero-order valence-corrected chi connectivity index (χ0v) is 63.3. The third-order valence-corrected chi connectivity index (χ3v) is 21.9. The number of hydrogen-bond acceptors (Lipinski definition) is 11. The topological polar surface area (TPSA) is 269 Å². The first kappa shape index (κ1) is 75.7. The summed E-state index contributed by atoms with van der Waals surface area (Å²) in [6, 6.07) is 60.0. The summed E-state index contributed by atoms with van der Waals surface area (Å²) in [7, 11) is 5.59. The molecule has 3 aromatic heterocycles. The lowest BCUT2D eigenvalue weighted by molar-refractivity contribution is 0.0682. The van der Waals surface area contributed by atoms with Crippen molar-refractivity contribution in [3.8, 4) is 62.5 Å². The first-order valence-corrected chi connectivity index (χ1v) is 36.1. The fraction of sp³-hybridized carbons (Fsp3) is 0.133. The lowest BCUT2D eigenvalue weighted by Crippen LogP contribution is -2.22. The highest BCUT2D eigenvalue weighted by Crippen LogP contribution is 2.41. The highest BCUT2D eigenvalue weighted by Gasteiger charge is 2.25. The summed E-state index contributed by atoms with van der Waals surface area (Å²) in [5.74, 6) is -2.89. The number of fused-ring (bicyclic) bond motifs is 4. The van der Waals surface area contributed by atoms with Crippen LogP contribution in [-0.2, 0) is 53.6 Å². The maximum absolute atomic E-state index is 13.0. The van der Waals surface area contributed by atoms with Gasteiger partial charge in [0.1, 0.15) is 52.0 Å². The van der Waals surface area contributed by atoms with Crippen LogP contribution in [-0.4, -0.2) is 86.3 Å². The van der Waals surface area contributed by atoms with Crippen LogP contribution in [0, 0.1) is 17.6 Å². The Morgan fingerprint density at radius 2 is 0.905 bits per heavy atom. The molecular weight excluding hydrogens is 1690 g/mol. The summed E-state index contributed by atoms with van der Waals surface area (Å²) in [5, 5.41) is 64.2. The number of ketones is 2. The molecule has 532 valence electrons. The molecule has 105 heavy (non-hydrogen) atoms. The van der Waals surface area contributed by atoms with Crippen molar-refractivity contribution in [3.63, 3.8) is 0 Å². The first-order valence-electron chi connectivity index (χ1n) is 32.5. The molecule has 10 aromatic carbocycles. The zero-order valence-electron chi connectivity index (χ0n) is 56.1. The van der Waals surface area contributed by atoms with Gasteiger partial charge in [-0.05, 0) is 179 Å². The SMILES string of the molecule is C.Cc1cc(CC(=O)c2ccc(-c3c(I)c4cc(C(=O)O)c(O)cc4n3C)cc2)ccc1Cl.Cn1c(-c2ccc(C(=O)Cc3cccc(OCc4ccccc4)c3)cc2)c(I)c2cc(C(=O)O)c(O)cc21.Cn1c(-c2ccc(C(=O)NCc3ccc4c(c3)OCC4)cc2)c(I)c2cc(C(=O)O)c(O)cc21. The van der Waals surface area contributed by atoms with Gasteiger partial charge in [-0.3, -0.25) is 14.4 Å². The number of carbonyl (C=O) groups excluding carboxylic acids is 3. The summed E-state index contributed by atoms with van der Waals surface area (Å²) in [6.45, 7) is 3.49. The zero-order chi connectivity index (χ0) is 73.9. The molecule has 22 heteroatoms. The second kappa shape index (κ2) is 32.3. The van der Waals surface area contributed by atoms with E-state index in [1.807, 2.05) is 163 Å². The second-order valence-corrected chi connectivity index (χ2v) is 28.5. The summed E-state index contributed by atoms with van der Waals surface area (Å²) in [6.07, 6.45) is 1.47. The van der Waals surface area contributed by atoms with Crippen molar-refractivity contribution in [1.82, 2.24) is 19.0 Å².